The van der Waals surface area contributed by atoms with E-state index in [1.165, 1.54) is 105 Å². The van der Waals surface area contributed by atoms with Crippen LogP contribution < -0.4 is 0 Å². The number of aliphatic hydroxyl groups is 6. The summed E-state index contributed by atoms with van der Waals surface area (Å²) in [5.41, 5.74) is 16.6. The molecule has 0 amide bonds. The Morgan fingerprint density at radius 3 is 1.21 bits per heavy atom. The van der Waals surface area contributed by atoms with Crippen LogP contribution in [0.4, 0.5) is 0 Å². The first-order valence-corrected chi connectivity index (χ1v) is 33.3. The number of aryl methyl sites for hydroxylation is 2. The summed E-state index contributed by atoms with van der Waals surface area (Å²) in [5.74, 6) is 6.05. The molecule has 2 aliphatic rings. The van der Waals surface area contributed by atoms with E-state index < -0.39 is 0 Å². The van der Waals surface area contributed by atoms with Gasteiger partial charge in [0.25, 0.3) is 0 Å². The van der Waals surface area contributed by atoms with Crippen LogP contribution in [0.15, 0.2) is 176 Å². The van der Waals surface area contributed by atoms with Gasteiger partial charge in [-0.15, -0.1) is 0 Å². The normalized spacial score (nSPS) is 15.7. The van der Waals surface area contributed by atoms with Crippen LogP contribution in [0.3, 0.4) is 0 Å². The van der Waals surface area contributed by atoms with Gasteiger partial charge in [-0.3, -0.25) is 0 Å². The molecule has 0 aromatic heterocycles. The van der Waals surface area contributed by atoms with E-state index >= 15 is 0 Å². The largest absolute Gasteiger partial charge is 0.400 e. The molecule has 500 valence electrons. The minimum absolute atomic E-state index is 0.267. The molecule has 0 spiro atoms. The Kier molecular flexibility index (Phi) is 47.6. The Bertz CT molecular complexity index is 3000. The van der Waals surface area contributed by atoms with Crippen molar-refractivity contribution >= 4 is 21.5 Å². The summed E-state index contributed by atoms with van der Waals surface area (Å²) in [5, 5.41) is 47.4. The number of aliphatic hydroxyl groups excluding tert-OH is 6. The van der Waals surface area contributed by atoms with E-state index in [0.29, 0.717) is 23.7 Å². The van der Waals surface area contributed by atoms with E-state index in [9.17, 15) is 0 Å². The quantitative estimate of drug-likeness (QED) is 0.0801. The molecule has 0 heterocycles. The lowest BCUT2D eigenvalue weighted by atomic mass is 9.78. The maximum atomic E-state index is 7.00. The van der Waals surface area contributed by atoms with Crippen molar-refractivity contribution in [3.63, 3.8) is 0 Å². The molecule has 8 unspecified atom stereocenters. The predicted molar refractivity (Wildman–Crippen MR) is 397 cm³/mol. The number of hydrogen-bond acceptors (Lipinski definition) is 6. The summed E-state index contributed by atoms with van der Waals surface area (Å²) >= 11 is 0. The topological polar surface area (TPSA) is 121 Å². The molecule has 0 saturated heterocycles. The van der Waals surface area contributed by atoms with Crippen molar-refractivity contribution in [3.05, 3.63) is 237 Å². The Morgan fingerprint density at radius 2 is 0.744 bits per heavy atom. The zero-order chi connectivity index (χ0) is 68.9. The maximum Gasteiger partial charge on any atom is 0.0319 e. The van der Waals surface area contributed by atoms with E-state index in [-0.39, 0.29) is 5.41 Å². The number of rotatable bonds is 9. The summed E-state index contributed by atoms with van der Waals surface area (Å²) < 4.78 is 0. The summed E-state index contributed by atoms with van der Waals surface area (Å²) in [6.07, 6.45) is 9.83. The van der Waals surface area contributed by atoms with Crippen molar-refractivity contribution in [1.29, 1.82) is 0 Å². The second kappa shape index (κ2) is 49.7. The summed E-state index contributed by atoms with van der Waals surface area (Å²) in [4.78, 5) is 0. The van der Waals surface area contributed by atoms with Crippen molar-refractivity contribution in [2.45, 2.75) is 204 Å². The van der Waals surface area contributed by atoms with Gasteiger partial charge in [-0.1, -0.05) is 292 Å². The van der Waals surface area contributed by atoms with Gasteiger partial charge >= 0.3 is 0 Å². The Morgan fingerprint density at radius 1 is 0.367 bits per heavy atom. The highest BCUT2D eigenvalue weighted by atomic mass is 16.2. The molecule has 0 radical (unpaired) electrons. The van der Waals surface area contributed by atoms with Crippen molar-refractivity contribution in [2.24, 2.45) is 17.8 Å². The van der Waals surface area contributed by atoms with Crippen molar-refractivity contribution < 1.29 is 30.6 Å². The fourth-order valence-electron chi connectivity index (χ4n) is 10.6. The van der Waals surface area contributed by atoms with Crippen LogP contribution in [0.2, 0.25) is 0 Å². The van der Waals surface area contributed by atoms with Gasteiger partial charge in [-0.05, 0) is 188 Å². The van der Waals surface area contributed by atoms with Crippen molar-refractivity contribution in [1.82, 2.24) is 0 Å². The summed E-state index contributed by atoms with van der Waals surface area (Å²) in [7, 11) is 6.00. The van der Waals surface area contributed by atoms with Gasteiger partial charge in [0.2, 0.25) is 0 Å². The van der Waals surface area contributed by atoms with Gasteiger partial charge < -0.3 is 30.6 Å². The fourth-order valence-corrected chi connectivity index (χ4v) is 10.6. The number of hydrogen-bond donors (Lipinski definition) is 6. The highest BCUT2D eigenvalue weighted by molar-refractivity contribution is 6.07. The Balaban J connectivity index is 0. The smallest absolute Gasteiger partial charge is 0.0319 e. The van der Waals surface area contributed by atoms with Gasteiger partial charge in [0.1, 0.15) is 0 Å². The molecule has 6 heteroatoms. The Labute approximate surface area is 550 Å². The third-order valence-electron chi connectivity index (χ3n) is 17.8. The number of fused-ring (bicyclic) bond motifs is 5. The van der Waals surface area contributed by atoms with Crippen LogP contribution in [-0.4, -0.2) is 73.3 Å². The average Bonchev–Trinajstić information content (AvgIpc) is 1.12. The zero-order valence-corrected chi connectivity index (χ0v) is 60.7. The molecule has 10 rings (SSSR count). The number of benzene rings is 8. The first-order valence-electron chi connectivity index (χ1n) is 33.3. The van der Waals surface area contributed by atoms with E-state index in [2.05, 4.69) is 294 Å². The third kappa shape index (κ3) is 29.5. The highest BCUT2D eigenvalue weighted by Gasteiger charge is 2.25. The van der Waals surface area contributed by atoms with E-state index in [1.807, 2.05) is 0 Å². The van der Waals surface area contributed by atoms with Crippen LogP contribution in [0.25, 0.3) is 21.5 Å². The molecule has 0 aliphatic heterocycles. The van der Waals surface area contributed by atoms with E-state index in [1.54, 1.807) is 22.3 Å². The molecular weight excluding hydrogens is 1100 g/mol. The van der Waals surface area contributed by atoms with Crippen molar-refractivity contribution in [3.8, 4) is 0 Å². The van der Waals surface area contributed by atoms with Crippen LogP contribution in [0.5, 0.6) is 0 Å². The van der Waals surface area contributed by atoms with Crippen LogP contribution in [0, 0.1) is 24.7 Å². The van der Waals surface area contributed by atoms with E-state index in [0.717, 1.165) is 72.8 Å². The van der Waals surface area contributed by atoms with Crippen LogP contribution in [-0.2, 0) is 31.1 Å². The van der Waals surface area contributed by atoms with Crippen LogP contribution in [0.1, 0.15) is 227 Å². The second-order valence-corrected chi connectivity index (χ2v) is 24.7. The molecule has 6 nitrogen and oxygen atoms in total. The lowest BCUT2D eigenvalue weighted by Gasteiger charge is -2.27. The molecule has 6 N–H and O–H groups in total. The predicted octanol–water partition coefficient (Wildman–Crippen LogP) is 21.0. The van der Waals surface area contributed by atoms with Gasteiger partial charge in [0.15, 0.2) is 0 Å². The SMILES string of the molecule is CC1Cc2ccccc2C1C.CC1Cc2ccccc2CC1C.CCC(C)c1ccc(C)cc1.CCC(C)c1ccc2ccc3ccccc3c2c1.CCC(C)c1cccc(C(C)(C)C)c1.CCc1cccc(C(C)CC)c1.CO.CO.CO.CO.CO.CO. The standard InChI is InChI=1S/C18H18.C14H22.C12H16.C12H18.C11H14.C11H16.6CH4O/c1-3-13(2)16-11-10-15-9-8-14-6-4-5-7-17(14)18(15)12-16;1-6-11(2)12-8-7-9-13(10-12)14(3,4)5;1-9-7-11-5-3-4-6-12(11)8-10(9)2;1-4-10(3)12-8-6-7-11(5-2)9-12;1-8-7-10-5-3-4-6-11(10)9(8)2;1-4-10(3)11-7-5-9(2)6-8-11;6*1-2/h4-13H,3H2,1-2H3;7-11H,6H2,1-5H3;3-6,9-10H,7-8H2,1-2H3;6-10H,4-5H2,1-3H3;3-6,8-9H,7H2,1-2H3;5-8,10H,4H2,1-3H3;6*2H,1H3. The van der Waals surface area contributed by atoms with Gasteiger partial charge in [0.05, 0.1) is 0 Å². The summed E-state index contributed by atoms with van der Waals surface area (Å²) in [6, 6.07) is 64.4. The molecule has 0 saturated carbocycles. The second-order valence-electron chi connectivity index (χ2n) is 24.7. The fraction of sp³-hybridized carbons (Fsp3) is 0.476. The highest BCUT2D eigenvalue weighted by Crippen LogP contribution is 2.37. The monoisotopic (exact) mass is 1230 g/mol. The molecule has 8 atom stereocenters. The molecule has 0 bridgehead atoms. The Hall–Kier alpha value is -5.96. The zero-order valence-electron chi connectivity index (χ0n) is 60.7. The molecule has 8 aromatic rings. The molecular formula is C84H128O6. The first kappa shape index (κ1) is 86.1. The first-order chi connectivity index (χ1) is 43.3. The van der Waals surface area contributed by atoms with Gasteiger partial charge in [-0.2, -0.15) is 0 Å². The van der Waals surface area contributed by atoms with Gasteiger partial charge in [0, 0.05) is 42.7 Å². The average molecular weight is 1230 g/mol. The van der Waals surface area contributed by atoms with Gasteiger partial charge in [-0.25, -0.2) is 0 Å². The molecule has 0 fully saturated rings. The molecule has 90 heavy (non-hydrogen) atoms. The lowest BCUT2D eigenvalue weighted by Crippen LogP contribution is -2.20. The third-order valence-corrected chi connectivity index (χ3v) is 17.8. The molecule has 8 aromatic carbocycles. The van der Waals surface area contributed by atoms with Crippen molar-refractivity contribution in [2.75, 3.05) is 42.7 Å². The van der Waals surface area contributed by atoms with Crippen LogP contribution >= 0.6 is 0 Å². The minimum atomic E-state index is 0.267. The lowest BCUT2D eigenvalue weighted by molar-refractivity contribution is 0.361. The van der Waals surface area contributed by atoms with E-state index in [4.69, 9.17) is 30.6 Å². The maximum absolute atomic E-state index is 7.00. The summed E-state index contributed by atoms with van der Waals surface area (Å²) in [6.45, 7) is 38.6. The molecule has 2 aliphatic carbocycles. The minimum Gasteiger partial charge on any atom is -0.400 e.